The maximum atomic E-state index is 5.36. The van der Waals surface area contributed by atoms with E-state index in [1.807, 2.05) is 18.3 Å². The molecular formula is C12H18N2O. The van der Waals surface area contributed by atoms with E-state index in [2.05, 4.69) is 23.3 Å². The standard InChI is InChI=1S/C12H18N2O/c1-12(5-8-15-9-6-12)14-10-11-4-2-3-7-13-11/h2-4,7,14H,5-6,8-10H2,1H3. The number of rotatable bonds is 3. The van der Waals surface area contributed by atoms with Gasteiger partial charge < -0.3 is 10.1 Å². The Morgan fingerprint density at radius 2 is 2.20 bits per heavy atom. The van der Waals surface area contributed by atoms with E-state index in [-0.39, 0.29) is 5.54 Å². The summed E-state index contributed by atoms with van der Waals surface area (Å²) in [5.41, 5.74) is 1.32. The van der Waals surface area contributed by atoms with Gasteiger partial charge in [0.15, 0.2) is 0 Å². The van der Waals surface area contributed by atoms with Crippen LogP contribution in [0.3, 0.4) is 0 Å². The lowest BCUT2D eigenvalue weighted by Gasteiger charge is -2.34. The number of nitrogens with one attached hydrogen (secondary N) is 1. The molecule has 1 aliphatic rings. The van der Waals surface area contributed by atoms with Crippen LogP contribution in [0.5, 0.6) is 0 Å². The molecule has 2 rings (SSSR count). The first-order valence-corrected chi connectivity index (χ1v) is 5.51. The smallest absolute Gasteiger partial charge is 0.0541 e. The normalized spacial score (nSPS) is 20.1. The van der Waals surface area contributed by atoms with Gasteiger partial charge in [-0.05, 0) is 31.9 Å². The molecule has 0 saturated carbocycles. The lowest BCUT2D eigenvalue weighted by molar-refractivity contribution is 0.0445. The molecule has 0 aliphatic carbocycles. The monoisotopic (exact) mass is 206 g/mol. The largest absolute Gasteiger partial charge is 0.381 e. The first-order valence-electron chi connectivity index (χ1n) is 5.51. The average molecular weight is 206 g/mol. The van der Waals surface area contributed by atoms with Gasteiger partial charge in [0.2, 0.25) is 0 Å². The van der Waals surface area contributed by atoms with Crippen LogP contribution >= 0.6 is 0 Å². The van der Waals surface area contributed by atoms with E-state index in [1.54, 1.807) is 0 Å². The summed E-state index contributed by atoms with van der Waals surface area (Å²) >= 11 is 0. The van der Waals surface area contributed by atoms with Gasteiger partial charge >= 0.3 is 0 Å². The first-order chi connectivity index (χ1) is 7.29. The van der Waals surface area contributed by atoms with E-state index in [0.29, 0.717) is 0 Å². The SMILES string of the molecule is CC1(NCc2ccccn2)CCOCC1. The molecule has 0 radical (unpaired) electrons. The molecule has 1 aromatic rings. The van der Waals surface area contributed by atoms with Crippen molar-refractivity contribution < 1.29 is 4.74 Å². The predicted octanol–water partition coefficient (Wildman–Crippen LogP) is 1.74. The Labute approximate surface area is 90.9 Å². The summed E-state index contributed by atoms with van der Waals surface area (Å²) in [6, 6.07) is 6.02. The van der Waals surface area contributed by atoms with E-state index in [0.717, 1.165) is 38.3 Å². The minimum atomic E-state index is 0.218. The van der Waals surface area contributed by atoms with Crippen molar-refractivity contribution >= 4 is 0 Å². The van der Waals surface area contributed by atoms with Crippen molar-refractivity contribution in [3.8, 4) is 0 Å². The highest BCUT2D eigenvalue weighted by molar-refractivity contribution is 5.04. The minimum absolute atomic E-state index is 0.218. The molecule has 0 amide bonds. The lowest BCUT2D eigenvalue weighted by atomic mass is 9.92. The Morgan fingerprint density at radius 3 is 2.87 bits per heavy atom. The Morgan fingerprint density at radius 1 is 1.40 bits per heavy atom. The van der Waals surface area contributed by atoms with Crippen LogP contribution in [0.4, 0.5) is 0 Å². The number of pyridine rings is 1. The van der Waals surface area contributed by atoms with Gasteiger partial charge in [0.25, 0.3) is 0 Å². The molecule has 1 saturated heterocycles. The maximum Gasteiger partial charge on any atom is 0.0541 e. The van der Waals surface area contributed by atoms with Crippen LogP contribution in [0.25, 0.3) is 0 Å². The molecule has 82 valence electrons. The molecule has 0 atom stereocenters. The third kappa shape index (κ3) is 3.01. The predicted molar refractivity (Wildman–Crippen MR) is 59.5 cm³/mol. The van der Waals surface area contributed by atoms with Gasteiger partial charge in [0, 0.05) is 31.5 Å². The fourth-order valence-electron chi connectivity index (χ4n) is 1.81. The molecule has 1 fully saturated rings. The van der Waals surface area contributed by atoms with Gasteiger partial charge in [0.05, 0.1) is 5.69 Å². The third-order valence-corrected chi connectivity index (χ3v) is 3.02. The fraction of sp³-hybridized carbons (Fsp3) is 0.583. The van der Waals surface area contributed by atoms with Crippen molar-refractivity contribution in [3.05, 3.63) is 30.1 Å². The van der Waals surface area contributed by atoms with Gasteiger partial charge in [-0.1, -0.05) is 6.07 Å². The van der Waals surface area contributed by atoms with Crippen molar-refractivity contribution in [3.63, 3.8) is 0 Å². The van der Waals surface area contributed by atoms with Crippen molar-refractivity contribution in [2.24, 2.45) is 0 Å². The highest BCUT2D eigenvalue weighted by Gasteiger charge is 2.26. The second-order valence-electron chi connectivity index (χ2n) is 4.35. The summed E-state index contributed by atoms with van der Waals surface area (Å²) in [7, 11) is 0. The van der Waals surface area contributed by atoms with E-state index in [4.69, 9.17) is 4.74 Å². The van der Waals surface area contributed by atoms with E-state index in [1.165, 1.54) is 0 Å². The van der Waals surface area contributed by atoms with Gasteiger partial charge in [-0.25, -0.2) is 0 Å². The molecular weight excluding hydrogens is 188 g/mol. The molecule has 0 aromatic carbocycles. The topological polar surface area (TPSA) is 34.2 Å². The summed E-state index contributed by atoms with van der Waals surface area (Å²) in [6.07, 6.45) is 4.00. The molecule has 3 nitrogen and oxygen atoms in total. The number of hydrogen-bond acceptors (Lipinski definition) is 3. The second kappa shape index (κ2) is 4.73. The second-order valence-corrected chi connectivity index (χ2v) is 4.35. The van der Waals surface area contributed by atoms with Crippen LogP contribution in [-0.2, 0) is 11.3 Å². The highest BCUT2D eigenvalue weighted by Crippen LogP contribution is 2.19. The Balaban J connectivity index is 1.87. The van der Waals surface area contributed by atoms with Gasteiger partial charge in [-0.3, -0.25) is 4.98 Å². The molecule has 0 bridgehead atoms. The zero-order chi connectivity index (χ0) is 10.6. The first kappa shape index (κ1) is 10.6. The summed E-state index contributed by atoms with van der Waals surface area (Å²) in [6.45, 7) is 4.84. The van der Waals surface area contributed by atoms with E-state index >= 15 is 0 Å². The van der Waals surface area contributed by atoms with Crippen molar-refractivity contribution in [1.29, 1.82) is 0 Å². The van der Waals surface area contributed by atoms with Crippen LogP contribution in [0.1, 0.15) is 25.5 Å². The number of nitrogens with zero attached hydrogens (tertiary/aromatic N) is 1. The third-order valence-electron chi connectivity index (χ3n) is 3.02. The maximum absolute atomic E-state index is 5.36. The molecule has 2 heterocycles. The van der Waals surface area contributed by atoms with Crippen LogP contribution in [0.15, 0.2) is 24.4 Å². The lowest BCUT2D eigenvalue weighted by Crippen LogP contribution is -2.46. The van der Waals surface area contributed by atoms with Crippen LogP contribution < -0.4 is 5.32 Å². The molecule has 0 unspecified atom stereocenters. The van der Waals surface area contributed by atoms with E-state index in [9.17, 15) is 0 Å². The minimum Gasteiger partial charge on any atom is -0.381 e. The highest BCUT2D eigenvalue weighted by atomic mass is 16.5. The summed E-state index contributed by atoms with van der Waals surface area (Å²) < 4.78 is 5.36. The Kier molecular flexibility index (Phi) is 3.34. The summed E-state index contributed by atoms with van der Waals surface area (Å²) in [5.74, 6) is 0. The summed E-state index contributed by atoms with van der Waals surface area (Å²) in [4.78, 5) is 4.30. The van der Waals surface area contributed by atoms with Gasteiger partial charge in [0.1, 0.15) is 0 Å². The average Bonchev–Trinajstić information content (AvgIpc) is 2.29. The van der Waals surface area contributed by atoms with Gasteiger partial charge in [-0.2, -0.15) is 0 Å². The van der Waals surface area contributed by atoms with Crippen molar-refractivity contribution in [2.45, 2.75) is 31.8 Å². The van der Waals surface area contributed by atoms with E-state index < -0.39 is 0 Å². The number of hydrogen-bond donors (Lipinski definition) is 1. The van der Waals surface area contributed by atoms with Crippen LogP contribution in [0, 0.1) is 0 Å². The van der Waals surface area contributed by atoms with Crippen molar-refractivity contribution in [1.82, 2.24) is 10.3 Å². The molecule has 1 N–H and O–H groups in total. The molecule has 0 spiro atoms. The van der Waals surface area contributed by atoms with Crippen LogP contribution in [-0.4, -0.2) is 23.7 Å². The van der Waals surface area contributed by atoms with Crippen LogP contribution in [0.2, 0.25) is 0 Å². The quantitative estimate of drug-likeness (QED) is 0.818. The summed E-state index contributed by atoms with van der Waals surface area (Å²) in [5, 5.41) is 3.57. The molecule has 15 heavy (non-hydrogen) atoms. The molecule has 1 aliphatic heterocycles. The Hall–Kier alpha value is -0.930. The zero-order valence-electron chi connectivity index (χ0n) is 9.20. The molecule has 1 aromatic heterocycles. The Bertz CT molecular complexity index is 294. The zero-order valence-corrected chi connectivity index (χ0v) is 9.20. The number of aromatic nitrogens is 1. The number of ether oxygens (including phenoxy) is 1. The molecule has 3 heteroatoms. The van der Waals surface area contributed by atoms with Crippen molar-refractivity contribution in [2.75, 3.05) is 13.2 Å². The van der Waals surface area contributed by atoms with Gasteiger partial charge in [-0.15, -0.1) is 0 Å². The fourth-order valence-corrected chi connectivity index (χ4v) is 1.81.